The minimum Gasteiger partial charge on any atom is -0.466 e. The molecule has 0 bridgehead atoms. The Morgan fingerprint density at radius 2 is 1.62 bits per heavy atom. The van der Waals surface area contributed by atoms with Gasteiger partial charge in [-0.3, -0.25) is 4.79 Å². The molecule has 0 radical (unpaired) electrons. The van der Waals surface area contributed by atoms with Gasteiger partial charge in [0.25, 0.3) is 0 Å². The van der Waals surface area contributed by atoms with Crippen molar-refractivity contribution in [2.75, 3.05) is 6.61 Å². The Kier molecular flexibility index (Phi) is 4.94. The highest BCUT2D eigenvalue weighted by Crippen LogP contribution is 2.22. The zero-order chi connectivity index (χ0) is 15.1. The minimum atomic E-state index is -0.238. The van der Waals surface area contributed by atoms with Crippen LogP contribution in [0.3, 0.4) is 0 Å². The van der Waals surface area contributed by atoms with Gasteiger partial charge in [0, 0.05) is 0 Å². The van der Waals surface area contributed by atoms with Crippen LogP contribution in [-0.4, -0.2) is 12.6 Å². The highest BCUT2D eigenvalue weighted by molar-refractivity contribution is 5.72. The number of hydrogen-bond acceptors (Lipinski definition) is 4. The van der Waals surface area contributed by atoms with Gasteiger partial charge in [0.05, 0.1) is 24.7 Å². The van der Waals surface area contributed by atoms with Crippen molar-refractivity contribution in [1.29, 1.82) is 5.26 Å². The predicted octanol–water partition coefficient (Wildman–Crippen LogP) is 3.46. The molecule has 0 saturated heterocycles. The van der Waals surface area contributed by atoms with E-state index in [1.54, 1.807) is 43.3 Å². The molecule has 0 aliphatic heterocycles. The molecular formula is C17H15NO3. The molecule has 0 N–H and O–H groups in total. The number of nitriles is 1. The predicted molar refractivity (Wildman–Crippen MR) is 78.0 cm³/mol. The van der Waals surface area contributed by atoms with Crippen molar-refractivity contribution >= 4 is 5.97 Å². The van der Waals surface area contributed by atoms with Crippen LogP contribution in [0.1, 0.15) is 18.1 Å². The fourth-order valence-electron chi connectivity index (χ4n) is 1.79. The first-order valence-electron chi connectivity index (χ1n) is 6.64. The number of rotatable bonds is 5. The van der Waals surface area contributed by atoms with E-state index in [9.17, 15) is 4.79 Å². The molecule has 21 heavy (non-hydrogen) atoms. The molecule has 0 aromatic heterocycles. The number of carbonyl (C=O) groups is 1. The van der Waals surface area contributed by atoms with Crippen molar-refractivity contribution in [3.8, 4) is 17.6 Å². The normalized spacial score (nSPS) is 9.71. The van der Waals surface area contributed by atoms with Gasteiger partial charge in [-0.25, -0.2) is 0 Å². The summed E-state index contributed by atoms with van der Waals surface area (Å²) in [5.74, 6) is 1.10. The van der Waals surface area contributed by atoms with Crippen LogP contribution in [0.5, 0.6) is 11.5 Å². The summed E-state index contributed by atoms with van der Waals surface area (Å²) in [6.45, 7) is 2.17. The summed E-state index contributed by atoms with van der Waals surface area (Å²) in [6.07, 6.45) is 0.255. The topological polar surface area (TPSA) is 59.3 Å². The number of benzene rings is 2. The van der Waals surface area contributed by atoms with E-state index in [4.69, 9.17) is 14.7 Å². The lowest BCUT2D eigenvalue weighted by atomic mass is 10.1. The van der Waals surface area contributed by atoms with Gasteiger partial charge >= 0.3 is 5.97 Å². The summed E-state index contributed by atoms with van der Waals surface area (Å²) >= 11 is 0. The second-order valence-corrected chi connectivity index (χ2v) is 4.36. The molecule has 0 amide bonds. The lowest BCUT2D eigenvalue weighted by Gasteiger charge is -2.07. The average molecular weight is 281 g/mol. The standard InChI is InChI=1S/C17H15NO3/c1-2-20-17(19)11-13-3-7-15(8-4-13)21-16-9-5-14(12-18)6-10-16/h3-10H,2,11H2,1H3. The minimum absolute atomic E-state index is 0.238. The van der Waals surface area contributed by atoms with Crippen LogP contribution >= 0.6 is 0 Å². The van der Waals surface area contributed by atoms with Gasteiger partial charge in [0.2, 0.25) is 0 Å². The molecule has 4 nitrogen and oxygen atoms in total. The summed E-state index contributed by atoms with van der Waals surface area (Å²) in [6, 6.07) is 16.2. The molecular weight excluding hydrogens is 266 g/mol. The third-order valence-corrected chi connectivity index (χ3v) is 2.80. The fourth-order valence-corrected chi connectivity index (χ4v) is 1.79. The van der Waals surface area contributed by atoms with Crippen molar-refractivity contribution in [2.45, 2.75) is 13.3 Å². The number of hydrogen-bond donors (Lipinski definition) is 0. The largest absolute Gasteiger partial charge is 0.466 e. The molecule has 2 aromatic carbocycles. The quantitative estimate of drug-likeness (QED) is 0.787. The molecule has 2 rings (SSSR count). The van der Waals surface area contributed by atoms with Gasteiger partial charge in [0.15, 0.2) is 0 Å². The lowest BCUT2D eigenvalue weighted by molar-refractivity contribution is -0.142. The van der Waals surface area contributed by atoms with E-state index in [1.807, 2.05) is 12.1 Å². The molecule has 0 fully saturated rings. The third-order valence-electron chi connectivity index (χ3n) is 2.80. The van der Waals surface area contributed by atoms with Gasteiger partial charge in [0.1, 0.15) is 11.5 Å². The summed E-state index contributed by atoms with van der Waals surface area (Å²) in [7, 11) is 0. The maximum atomic E-state index is 11.4. The summed E-state index contributed by atoms with van der Waals surface area (Å²) < 4.78 is 10.6. The van der Waals surface area contributed by atoms with Crippen LogP contribution in [0.15, 0.2) is 48.5 Å². The van der Waals surface area contributed by atoms with E-state index >= 15 is 0 Å². The first-order chi connectivity index (χ1) is 10.2. The molecule has 4 heteroatoms. The molecule has 0 unspecified atom stereocenters. The van der Waals surface area contributed by atoms with Crippen LogP contribution < -0.4 is 4.74 Å². The van der Waals surface area contributed by atoms with Gasteiger partial charge < -0.3 is 9.47 Å². The number of esters is 1. The van der Waals surface area contributed by atoms with Gasteiger partial charge in [-0.15, -0.1) is 0 Å². The number of nitrogens with zero attached hydrogens (tertiary/aromatic N) is 1. The van der Waals surface area contributed by atoms with Crippen molar-refractivity contribution < 1.29 is 14.3 Å². The van der Waals surface area contributed by atoms with Gasteiger partial charge in [-0.2, -0.15) is 5.26 Å². The highest BCUT2D eigenvalue weighted by atomic mass is 16.5. The Hall–Kier alpha value is -2.80. The molecule has 0 heterocycles. The zero-order valence-corrected chi connectivity index (χ0v) is 11.7. The highest BCUT2D eigenvalue weighted by Gasteiger charge is 2.04. The van der Waals surface area contributed by atoms with Crippen LogP contribution in [0.25, 0.3) is 0 Å². The SMILES string of the molecule is CCOC(=O)Cc1ccc(Oc2ccc(C#N)cc2)cc1. The Balaban J connectivity index is 1.98. The molecule has 0 atom stereocenters. The first-order valence-corrected chi connectivity index (χ1v) is 6.64. The molecule has 0 spiro atoms. The van der Waals surface area contributed by atoms with E-state index in [0.29, 0.717) is 23.7 Å². The molecule has 2 aromatic rings. The molecule has 0 aliphatic rings. The van der Waals surface area contributed by atoms with Crippen molar-refractivity contribution in [1.82, 2.24) is 0 Å². The van der Waals surface area contributed by atoms with Gasteiger partial charge in [-0.05, 0) is 48.9 Å². The van der Waals surface area contributed by atoms with E-state index in [1.165, 1.54) is 0 Å². The van der Waals surface area contributed by atoms with E-state index in [2.05, 4.69) is 6.07 Å². The molecule has 0 aliphatic carbocycles. The summed E-state index contributed by atoms with van der Waals surface area (Å²) in [4.78, 5) is 11.4. The first kappa shape index (κ1) is 14.6. The van der Waals surface area contributed by atoms with Crippen molar-refractivity contribution in [2.24, 2.45) is 0 Å². The average Bonchev–Trinajstić information content (AvgIpc) is 2.50. The Bertz CT molecular complexity index is 639. The van der Waals surface area contributed by atoms with E-state index < -0.39 is 0 Å². The van der Waals surface area contributed by atoms with Crippen LogP contribution in [0, 0.1) is 11.3 Å². The maximum Gasteiger partial charge on any atom is 0.310 e. The Morgan fingerprint density at radius 1 is 1.05 bits per heavy atom. The van der Waals surface area contributed by atoms with Crippen molar-refractivity contribution in [3.05, 3.63) is 59.7 Å². The number of carbonyl (C=O) groups excluding carboxylic acids is 1. The smallest absolute Gasteiger partial charge is 0.310 e. The molecule has 0 saturated carbocycles. The van der Waals surface area contributed by atoms with Crippen LogP contribution in [-0.2, 0) is 16.0 Å². The monoisotopic (exact) mass is 281 g/mol. The van der Waals surface area contributed by atoms with Crippen LogP contribution in [0.2, 0.25) is 0 Å². The Morgan fingerprint density at radius 3 is 2.14 bits per heavy atom. The van der Waals surface area contributed by atoms with Crippen molar-refractivity contribution in [3.63, 3.8) is 0 Å². The lowest BCUT2D eigenvalue weighted by Crippen LogP contribution is -2.07. The fraction of sp³-hybridized carbons (Fsp3) is 0.176. The van der Waals surface area contributed by atoms with E-state index in [-0.39, 0.29) is 12.4 Å². The van der Waals surface area contributed by atoms with Gasteiger partial charge in [-0.1, -0.05) is 12.1 Å². The maximum absolute atomic E-state index is 11.4. The second-order valence-electron chi connectivity index (χ2n) is 4.36. The third kappa shape index (κ3) is 4.36. The number of ether oxygens (including phenoxy) is 2. The second kappa shape index (κ2) is 7.11. The molecule has 106 valence electrons. The summed E-state index contributed by atoms with van der Waals surface area (Å²) in [5, 5.41) is 8.73. The van der Waals surface area contributed by atoms with E-state index in [0.717, 1.165) is 5.56 Å². The van der Waals surface area contributed by atoms with Crippen LogP contribution in [0.4, 0.5) is 0 Å². The zero-order valence-electron chi connectivity index (χ0n) is 11.7. The Labute approximate surface area is 123 Å². The summed E-state index contributed by atoms with van der Waals surface area (Å²) in [5.41, 5.74) is 1.47.